The number of fused-ring (bicyclic) bond motifs is 1. The molecular formula is C26H30N4O3. The van der Waals surface area contributed by atoms with Crippen LogP contribution in [0.3, 0.4) is 0 Å². The number of aromatic nitrogens is 2. The van der Waals surface area contributed by atoms with Gasteiger partial charge in [0.25, 0.3) is 5.91 Å². The summed E-state index contributed by atoms with van der Waals surface area (Å²) < 4.78 is 7.30. The number of imidazole rings is 1. The number of Topliss-reactive ketones (excluding diaryl/α,β-unsaturated/α-hetero) is 1. The normalized spacial score (nSPS) is 18.4. The van der Waals surface area contributed by atoms with Gasteiger partial charge in [0.2, 0.25) is 0 Å². The zero-order chi connectivity index (χ0) is 22.6. The van der Waals surface area contributed by atoms with E-state index in [2.05, 4.69) is 15.2 Å². The van der Waals surface area contributed by atoms with Crippen LogP contribution in [0, 0.1) is 5.92 Å². The van der Waals surface area contributed by atoms with Gasteiger partial charge in [0.05, 0.1) is 5.56 Å². The molecule has 7 heteroatoms. The summed E-state index contributed by atoms with van der Waals surface area (Å²) in [6.45, 7) is 4.12. The predicted octanol–water partition coefficient (Wildman–Crippen LogP) is 3.34. The third-order valence-electron chi connectivity index (χ3n) is 6.95. The van der Waals surface area contributed by atoms with E-state index in [1.54, 1.807) is 18.5 Å². The highest BCUT2D eigenvalue weighted by molar-refractivity contribution is 5.98. The molecule has 2 aliphatic heterocycles. The number of amides is 1. The standard InChI is InChI=1S/C26H30N4O3/c31-25(21-7-12-29(13-8-21)23-9-15-33-16-10-23)20-3-1-19(2-4-20)17-28-26(32)22-5-6-24-27-11-14-30(24)18-22/h1-6,11,14,18,21,23H,7-10,12-13,15-17H2,(H,28,32). The number of benzene rings is 1. The topological polar surface area (TPSA) is 75.9 Å². The van der Waals surface area contributed by atoms with Crippen molar-refractivity contribution in [2.45, 2.75) is 38.3 Å². The summed E-state index contributed by atoms with van der Waals surface area (Å²) in [4.78, 5) is 32.2. The molecule has 0 atom stereocenters. The number of pyridine rings is 1. The Labute approximate surface area is 193 Å². The van der Waals surface area contributed by atoms with Crippen molar-refractivity contribution in [3.8, 4) is 0 Å². The number of ketones is 1. The fraction of sp³-hybridized carbons (Fsp3) is 0.423. The number of carbonyl (C=O) groups is 2. The Bertz CT molecular complexity index is 1110. The maximum absolute atomic E-state index is 13.0. The second-order valence-corrected chi connectivity index (χ2v) is 9.01. The summed E-state index contributed by atoms with van der Waals surface area (Å²) in [5.41, 5.74) is 3.12. The van der Waals surface area contributed by atoms with Crippen molar-refractivity contribution in [2.75, 3.05) is 26.3 Å². The molecule has 2 fully saturated rings. The Balaban J connectivity index is 1.12. The molecule has 0 spiro atoms. The van der Waals surface area contributed by atoms with Crippen LogP contribution >= 0.6 is 0 Å². The van der Waals surface area contributed by atoms with E-state index in [9.17, 15) is 9.59 Å². The van der Waals surface area contributed by atoms with E-state index < -0.39 is 0 Å². The van der Waals surface area contributed by atoms with Gasteiger partial charge < -0.3 is 19.4 Å². The largest absolute Gasteiger partial charge is 0.381 e. The summed E-state index contributed by atoms with van der Waals surface area (Å²) >= 11 is 0. The predicted molar refractivity (Wildman–Crippen MR) is 125 cm³/mol. The molecule has 2 aliphatic rings. The Hall–Kier alpha value is -3.03. The summed E-state index contributed by atoms with van der Waals surface area (Å²) in [6, 6.07) is 11.9. The molecular weight excluding hydrogens is 416 g/mol. The Morgan fingerprint density at radius 3 is 2.45 bits per heavy atom. The quantitative estimate of drug-likeness (QED) is 0.588. The molecule has 0 bridgehead atoms. The summed E-state index contributed by atoms with van der Waals surface area (Å²) in [5.74, 6) is 0.206. The first-order valence-corrected chi connectivity index (χ1v) is 11.8. The Morgan fingerprint density at radius 1 is 0.970 bits per heavy atom. The van der Waals surface area contributed by atoms with Crippen molar-refractivity contribution in [1.82, 2.24) is 19.6 Å². The zero-order valence-corrected chi connectivity index (χ0v) is 18.8. The lowest BCUT2D eigenvalue weighted by Gasteiger charge is -2.38. The molecule has 1 aromatic carbocycles. The van der Waals surface area contributed by atoms with Gasteiger partial charge in [0.1, 0.15) is 5.65 Å². The van der Waals surface area contributed by atoms with Crippen molar-refractivity contribution >= 4 is 17.3 Å². The SMILES string of the molecule is O=C(NCc1ccc(C(=O)C2CCN(C3CCOCC3)CC2)cc1)c1ccc2nccn2c1. The number of rotatable bonds is 6. The maximum Gasteiger partial charge on any atom is 0.253 e. The minimum atomic E-state index is -0.137. The van der Waals surface area contributed by atoms with Crippen LogP contribution in [0.25, 0.3) is 5.65 Å². The lowest BCUT2D eigenvalue weighted by Crippen LogP contribution is -2.45. The number of piperidine rings is 1. The first-order valence-electron chi connectivity index (χ1n) is 11.8. The lowest BCUT2D eigenvalue weighted by molar-refractivity contribution is 0.0211. The van der Waals surface area contributed by atoms with Gasteiger partial charge in [-0.15, -0.1) is 0 Å². The third kappa shape index (κ3) is 4.99. The van der Waals surface area contributed by atoms with Crippen LogP contribution in [0.15, 0.2) is 55.0 Å². The van der Waals surface area contributed by atoms with Crippen LogP contribution in [0.4, 0.5) is 0 Å². The smallest absolute Gasteiger partial charge is 0.253 e. The average Bonchev–Trinajstić information content (AvgIpc) is 3.36. The maximum atomic E-state index is 13.0. The summed E-state index contributed by atoms with van der Waals surface area (Å²) in [5, 5.41) is 2.95. The van der Waals surface area contributed by atoms with Crippen molar-refractivity contribution in [1.29, 1.82) is 0 Å². The van der Waals surface area contributed by atoms with E-state index in [0.717, 1.165) is 68.8 Å². The average molecular weight is 447 g/mol. The number of hydrogen-bond donors (Lipinski definition) is 1. The number of ether oxygens (including phenoxy) is 1. The minimum absolute atomic E-state index is 0.102. The number of nitrogens with one attached hydrogen (secondary N) is 1. The van der Waals surface area contributed by atoms with Gasteiger partial charge in [0, 0.05) is 55.9 Å². The highest BCUT2D eigenvalue weighted by Crippen LogP contribution is 2.26. The molecule has 5 rings (SSSR count). The number of carbonyl (C=O) groups excluding carboxylic acids is 2. The zero-order valence-electron chi connectivity index (χ0n) is 18.8. The Kier molecular flexibility index (Phi) is 6.51. The number of likely N-dealkylation sites (tertiary alicyclic amines) is 1. The van der Waals surface area contributed by atoms with Gasteiger partial charge in [-0.25, -0.2) is 4.98 Å². The molecule has 0 unspecified atom stereocenters. The van der Waals surface area contributed by atoms with Crippen molar-refractivity contribution in [3.63, 3.8) is 0 Å². The van der Waals surface area contributed by atoms with Gasteiger partial charge >= 0.3 is 0 Å². The van der Waals surface area contributed by atoms with E-state index in [1.165, 1.54) is 0 Å². The highest BCUT2D eigenvalue weighted by atomic mass is 16.5. The first kappa shape index (κ1) is 21.8. The van der Waals surface area contributed by atoms with E-state index in [0.29, 0.717) is 18.2 Å². The molecule has 1 amide bonds. The lowest BCUT2D eigenvalue weighted by atomic mass is 9.87. The molecule has 1 N–H and O–H groups in total. The molecule has 0 radical (unpaired) electrons. The minimum Gasteiger partial charge on any atom is -0.381 e. The monoisotopic (exact) mass is 446 g/mol. The van der Waals surface area contributed by atoms with Gasteiger partial charge in [-0.2, -0.15) is 0 Å². The van der Waals surface area contributed by atoms with Crippen LogP contribution < -0.4 is 5.32 Å². The fourth-order valence-corrected chi connectivity index (χ4v) is 4.94. The molecule has 4 heterocycles. The van der Waals surface area contributed by atoms with Crippen LogP contribution in [0.2, 0.25) is 0 Å². The highest BCUT2D eigenvalue weighted by Gasteiger charge is 2.29. The van der Waals surface area contributed by atoms with E-state index in [1.807, 2.05) is 40.9 Å². The molecule has 3 aromatic rings. The Morgan fingerprint density at radius 2 is 1.70 bits per heavy atom. The van der Waals surface area contributed by atoms with Crippen LogP contribution in [-0.4, -0.2) is 58.3 Å². The molecule has 0 saturated carbocycles. The van der Waals surface area contributed by atoms with E-state index >= 15 is 0 Å². The second kappa shape index (κ2) is 9.85. The number of hydrogen-bond acceptors (Lipinski definition) is 5. The van der Waals surface area contributed by atoms with Gasteiger partial charge in [-0.3, -0.25) is 9.59 Å². The number of nitrogens with zero attached hydrogens (tertiary/aromatic N) is 3. The molecule has 7 nitrogen and oxygen atoms in total. The molecule has 33 heavy (non-hydrogen) atoms. The summed E-state index contributed by atoms with van der Waals surface area (Å²) in [7, 11) is 0. The third-order valence-corrected chi connectivity index (χ3v) is 6.95. The van der Waals surface area contributed by atoms with Gasteiger partial charge in [-0.1, -0.05) is 24.3 Å². The van der Waals surface area contributed by atoms with Crippen LogP contribution in [0.1, 0.15) is 52.0 Å². The van der Waals surface area contributed by atoms with Crippen LogP contribution in [0.5, 0.6) is 0 Å². The van der Waals surface area contributed by atoms with Crippen LogP contribution in [-0.2, 0) is 11.3 Å². The van der Waals surface area contributed by atoms with Gasteiger partial charge in [0.15, 0.2) is 5.78 Å². The van der Waals surface area contributed by atoms with Crippen molar-refractivity contribution in [2.24, 2.45) is 5.92 Å². The van der Waals surface area contributed by atoms with Gasteiger partial charge in [-0.05, 0) is 56.5 Å². The molecule has 172 valence electrons. The summed E-state index contributed by atoms with van der Waals surface area (Å²) in [6.07, 6.45) is 9.35. The van der Waals surface area contributed by atoms with Crippen molar-refractivity contribution in [3.05, 3.63) is 71.7 Å². The molecule has 0 aliphatic carbocycles. The van der Waals surface area contributed by atoms with Crippen molar-refractivity contribution < 1.29 is 14.3 Å². The molecule has 2 aromatic heterocycles. The van der Waals surface area contributed by atoms with E-state index in [-0.39, 0.29) is 17.6 Å². The first-order chi connectivity index (χ1) is 16.2. The molecule has 2 saturated heterocycles. The second-order valence-electron chi connectivity index (χ2n) is 9.01. The van der Waals surface area contributed by atoms with E-state index in [4.69, 9.17) is 4.74 Å². The fourth-order valence-electron chi connectivity index (χ4n) is 4.94.